The average molecular weight is 275 g/mol. The molecule has 20 heavy (non-hydrogen) atoms. The van der Waals surface area contributed by atoms with Crippen LogP contribution in [0, 0.1) is 0 Å². The van der Waals surface area contributed by atoms with Gasteiger partial charge in [0.2, 0.25) is 0 Å². The van der Waals surface area contributed by atoms with E-state index in [2.05, 4.69) is 28.7 Å². The molecule has 1 aromatic heterocycles. The molecule has 0 atom stereocenters. The molecule has 2 aromatic rings. The Bertz CT molecular complexity index is 542. The van der Waals surface area contributed by atoms with Crippen LogP contribution in [0.25, 0.3) is 0 Å². The SMILES string of the molecule is COc1cc(NCc2cncn2C(C)C)cc(OC)c1. The van der Waals surface area contributed by atoms with Crippen molar-refractivity contribution in [3.63, 3.8) is 0 Å². The van der Waals surface area contributed by atoms with Gasteiger partial charge in [-0.25, -0.2) is 4.98 Å². The van der Waals surface area contributed by atoms with Crippen LogP contribution in [0.2, 0.25) is 0 Å². The van der Waals surface area contributed by atoms with Gasteiger partial charge in [-0.15, -0.1) is 0 Å². The van der Waals surface area contributed by atoms with E-state index in [1.165, 1.54) is 0 Å². The summed E-state index contributed by atoms with van der Waals surface area (Å²) < 4.78 is 12.7. The molecule has 5 heteroatoms. The maximum Gasteiger partial charge on any atom is 0.124 e. The number of benzene rings is 1. The third-order valence-corrected chi connectivity index (χ3v) is 3.13. The summed E-state index contributed by atoms with van der Waals surface area (Å²) in [6.45, 7) is 4.98. The quantitative estimate of drug-likeness (QED) is 0.880. The molecule has 1 aromatic carbocycles. The van der Waals surface area contributed by atoms with Crippen LogP contribution in [0.5, 0.6) is 11.5 Å². The van der Waals surface area contributed by atoms with E-state index in [0.29, 0.717) is 12.6 Å². The minimum absolute atomic E-state index is 0.397. The second kappa shape index (κ2) is 6.32. The number of aromatic nitrogens is 2. The molecule has 1 heterocycles. The first kappa shape index (κ1) is 14.2. The fourth-order valence-corrected chi connectivity index (χ4v) is 2.04. The van der Waals surface area contributed by atoms with Crippen LogP contribution in [-0.2, 0) is 6.54 Å². The van der Waals surface area contributed by atoms with Crippen molar-refractivity contribution in [2.75, 3.05) is 19.5 Å². The number of anilines is 1. The minimum Gasteiger partial charge on any atom is -0.497 e. The zero-order valence-corrected chi connectivity index (χ0v) is 12.4. The lowest BCUT2D eigenvalue weighted by molar-refractivity contribution is 0.394. The van der Waals surface area contributed by atoms with Gasteiger partial charge in [-0.05, 0) is 13.8 Å². The van der Waals surface area contributed by atoms with Crippen LogP contribution in [0.3, 0.4) is 0 Å². The van der Waals surface area contributed by atoms with Crippen LogP contribution in [0.15, 0.2) is 30.7 Å². The first-order valence-corrected chi connectivity index (χ1v) is 6.61. The highest BCUT2D eigenvalue weighted by Crippen LogP contribution is 2.26. The molecule has 5 nitrogen and oxygen atoms in total. The number of hydrogen-bond acceptors (Lipinski definition) is 4. The van der Waals surface area contributed by atoms with E-state index in [9.17, 15) is 0 Å². The predicted molar refractivity (Wildman–Crippen MR) is 79.5 cm³/mol. The topological polar surface area (TPSA) is 48.3 Å². The Morgan fingerprint density at radius 3 is 2.35 bits per heavy atom. The zero-order valence-electron chi connectivity index (χ0n) is 12.4. The fourth-order valence-electron chi connectivity index (χ4n) is 2.04. The third kappa shape index (κ3) is 3.23. The number of methoxy groups -OCH3 is 2. The number of imidazole rings is 1. The lowest BCUT2D eigenvalue weighted by Crippen LogP contribution is -2.08. The Hall–Kier alpha value is -2.17. The second-order valence-corrected chi connectivity index (χ2v) is 4.84. The van der Waals surface area contributed by atoms with E-state index >= 15 is 0 Å². The molecule has 0 unspecified atom stereocenters. The van der Waals surface area contributed by atoms with Gasteiger partial charge in [0.25, 0.3) is 0 Å². The first-order valence-electron chi connectivity index (χ1n) is 6.61. The largest absolute Gasteiger partial charge is 0.497 e. The molecule has 0 radical (unpaired) electrons. The molecule has 0 fully saturated rings. The van der Waals surface area contributed by atoms with Gasteiger partial charge in [-0.2, -0.15) is 0 Å². The summed E-state index contributed by atoms with van der Waals surface area (Å²) in [4.78, 5) is 4.20. The van der Waals surface area contributed by atoms with Gasteiger partial charge in [0.05, 0.1) is 32.8 Å². The van der Waals surface area contributed by atoms with Crippen LogP contribution in [0.1, 0.15) is 25.6 Å². The van der Waals surface area contributed by atoms with E-state index in [0.717, 1.165) is 22.9 Å². The standard InChI is InChI=1S/C15H21N3O2/c1-11(2)18-10-16-8-13(18)9-17-12-5-14(19-3)7-15(6-12)20-4/h5-8,10-11,17H,9H2,1-4H3. The van der Waals surface area contributed by atoms with Gasteiger partial charge in [0, 0.05) is 36.1 Å². The van der Waals surface area contributed by atoms with E-state index in [-0.39, 0.29) is 0 Å². The highest BCUT2D eigenvalue weighted by atomic mass is 16.5. The van der Waals surface area contributed by atoms with E-state index in [4.69, 9.17) is 9.47 Å². The van der Waals surface area contributed by atoms with Gasteiger partial charge in [0.15, 0.2) is 0 Å². The van der Waals surface area contributed by atoms with Gasteiger partial charge in [-0.3, -0.25) is 0 Å². The fraction of sp³-hybridized carbons (Fsp3) is 0.400. The first-order chi connectivity index (χ1) is 9.63. The molecule has 0 saturated carbocycles. The number of ether oxygens (including phenoxy) is 2. The maximum atomic E-state index is 5.26. The van der Waals surface area contributed by atoms with Crippen LogP contribution in [0.4, 0.5) is 5.69 Å². The monoisotopic (exact) mass is 275 g/mol. The number of nitrogens with zero attached hydrogens (tertiary/aromatic N) is 2. The van der Waals surface area contributed by atoms with Crippen molar-refractivity contribution in [2.45, 2.75) is 26.4 Å². The Kier molecular flexibility index (Phi) is 4.50. The summed E-state index contributed by atoms with van der Waals surface area (Å²) in [6, 6.07) is 6.13. The Morgan fingerprint density at radius 2 is 1.80 bits per heavy atom. The predicted octanol–water partition coefficient (Wildman–Crippen LogP) is 3.09. The molecule has 0 bridgehead atoms. The van der Waals surface area contributed by atoms with Crippen molar-refractivity contribution in [1.82, 2.24) is 9.55 Å². The maximum absolute atomic E-state index is 5.26. The highest BCUT2D eigenvalue weighted by molar-refractivity contribution is 5.53. The van der Waals surface area contributed by atoms with Gasteiger partial charge < -0.3 is 19.4 Å². The summed E-state index contributed by atoms with van der Waals surface area (Å²) in [5.74, 6) is 1.54. The van der Waals surface area contributed by atoms with Crippen molar-refractivity contribution >= 4 is 5.69 Å². The zero-order chi connectivity index (χ0) is 14.5. The number of nitrogens with one attached hydrogen (secondary N) is 1. The van der Waals surface area contributed by atoms with Crippen molar-refractivity contribution < 1.29 is 9.47 Å². The molecule has 1 N–H and O–H groups in total. The number of hydrogen-bond donors (Lipinski definition) is 1. The van der Waals surface area contributed by atoms with Gasteiger partial charge in [0.1, 0.15) is 11.5 Å². The molecule has 0 saturated heterocycles. The molecule has 0 aliphatic carbocycles. The highest BCUT2D eigenvalue weighted by Gasteiger charge is 2.06. The van der Waals surface area contributed by atoms with Crippen LogP contribution in [-0.4, -0.2) is 23.8 Å². The Balaban J connectivity index is 2.12. The summed E-state index contributed by atoms with van der Waals surface area (Å²) >= 11 is 0. The summed E-state index contributed by atoms with van der Waals surface area (Å²) in [5.41, 5.74) is 2.10. The second-order valence-electron chi connectivity index (χ2n) is 4.84. The van der Waals surface area contributed by atoms with E-state index in [1.54, 1.807) is 14.2 Å². The van der Waals surface area contributed by atoms with Crippen molar-refractivity contribution in [1.29, 1.82) is 0 Å². The molecule has 0 spiro atoms. The normalized spacial score (nSPS) is 10.7. The molecular formula is C15H21N3O2. The Labute approximate surface area is 119 Å². The van der Waals surface area contributed by atoms with E-state index < -0.39 is 0 Å². The molecule has 0 amide bonds. The van der Waals surface area contributed by atoms with Gasteiger partial charge >= 0.3 is 0 Å². The van der Waals surface area contributed by atoms with Crippen molar-refractivity contribution in [2.24, 2.45) is 0 Å². The third-order valence-electron chi connectivity index (χ3n) is 3.13. The van der Waals surface area contributed by atoms with Crippen molar-refractivity contribution in [3.05, 3.63) is 36.4 Å². The lowest BCUT2D eigenvalue weighted by atomic mass is 10.2. The summed E-state index contributed by atoms with van der Waals surface area (Å²) in [7, 11) is 3.29. The molecule has 108 valence electrons. The van der Waals surface area contributed by atoms with E-state index in [1.807, 2.05) is 30.7 Å². The van der Waals surface area contributed by atoms with Crippen LogP contribution < -0.4 is 14.8 Å². The smallest absolute Gasteiger partial charge is 0.124 e. The molecular weight excluding hydrogens is 254 g/mol. The van der Waals surface area contributed by atoms with Crippen LogP contribution >= 0.6 is 0 Å². The lowest BCUT2D eigenvalue weighted by Gasteiger charge is -2.14. The van der Waals surface area contributed by atoms with Gasteiger partial charge in [-0.1, -0.05) is 0 Å². The average Bonchev–Trinajstić information content (AvgIpc) is 2.93. The molecule has 0 aliphatic rings. The minimum atomic E-state index is 0.397. The Morgan fingerprint density at radius 1 is 1.15 bits per heavy atom. The number of rotatable bonds is 6. The summed E-state index contributed by atoms with van der Waals surface area (Å²) in [5, 5.41) is 3.37. The molecule has 2 rings (SSSR count). The van der Waals surface area contributed by atoms with Crippen molar-refractivity contribution in [3.8, 4) is 11.5 Å². The molecule has 0 aliphatic heterocycles. The summed E-state index contributed by atoms with van der Waals surface area (Å²) in [6.07, 6.45) is 3.73.